The molecule has 0 atom stereocenters. The number of likely N-dealkylation sites (N-methyl/N-ethyl adjacent to an activating group) is 1. The predicted molar refractivity (Wildman–Crippen MR) is 104 cm³/mol. The summed E-state index contributed by atoms with van der Waals surface area (Å²) < 4.78 is 42.6. The minimum atomic E-state index is -4.58. The molecule has 0 bridgehead atoms. The van der Waals surface area contributed by atoms with Crippen molar-refractivity contribution in [3.63, 3.8) is 0 Å². The molecule has 0 fully saturated rings. The summed E-state index contributed by atoms with van der Waals surface area (Å²) in [5, 5.41) is 0. The second-order valence-corrected chi connectivity index (χ2v) is 7.26. The van der Waals surface area contributed by atoms with Crippen LogP contribution < -0.4 is 0 Å². The van der Waals surface area contributed by atoms with E-state index in [2.05, 4.69) is 4.98 Å². The van der Waals surface area contributed by atoms with Crippen molar-refractivity contribution >= 4 is 5.91 Å². The first-order valence-corrected chi connectivity index (χ1v) is 9.14. The summed E-state index contributed by atoms with van der Waals surface area (Å²) in [6.45, 7) is 0.528. The summed E-state index contributed by atoms with van der Waals surface area (Å²) in [7, 11) is 4.98. The molecule has 1 amide bonds. The van der Waals surface area contributed by atoms with E-state index >= 15 is 0 Å². The number of nitrogens with zero attached hydrogens (tertiary/aromatic N) is 4. The first kappa shape index (κ1) is 20.9. The summed E-state index contributed by atoms with van der Waals surface area (Å²) in [5.74, 6) is -0.0556. The van der Waals surface area contributed by atoms with E-state index in [1.54, 1.807) is 39.5 Å². The van der Waals surface area contributed by atoms with Crippen LogP contribution in [-0.2, 0) is 30.6 Å². The van der Waals surface area contributed by atoms with Crippen LogP contribution in [0.2, 0.25) is 0 Å². The molecule has 29 heavy (non-hydrogen) atoms. The van der Waals surface area contributed by atoms with E-state index in [0.29, 0.717) is 12.1 Å². The Bertz CT molecular complexity index is 950. The second kappa shape index (κ2) is 8.24. The van der Waals surface area contributed by atoms with Gasteiger partial charge in [0.15, 0.2) is 5.69 Å². The van der Waals surface area contributed by atoms with Crippen LogP contribution in [0.5, 0.6) is 0 Å². The van der Waals surface area contributed by atoms with Gasteiger partial charge < -0.3 is 9.47 Å². The van der Waals surface area contributed by atoms with E-state index in [9.17, 15) is 18.0 Å². The van der Waals surface area contributed by atoms with E-state index in [-0.39, 0.29) is 30.4 Å². The van der Waals surface area contributed by atoms with Crippen molar-refractivity contribution in [3.8, 4) is 11.4 Å². The molecular formula is C21H23F3N4O. The lowest BCUT2D eigenvalue weighted by molar-refractivity contribution is -0.141. The molecule has 0 radical (unpaired) electrons. The molecule has 0 N–H and O–H groups in total. The molecule has 154 valence electrons. The Kier molecular flexibility index (Phi) is 5.93. The normalized spacial score (nSPS) is 12.0. The summed E-state index contributed by atoms with van der Waals surface area (Å²) in [4.78, 5) is 19.2. The molecule has 1 aromatic rings. The van der Waals surface area contributed by atoms with Crippen molar-refractivity contribution in [3.05, 3.63) is 65.5 Å². The van der Waals surface area contributed by atoms with Gasteiger partial charge in [-0.25, -0.2) is 4.98 Å². The van der Waals surface area contributed by atoms with Crippen molar-refractivity contribution in [1.29, 1.82) is 0 Å². The van der Waals surface area contributed by atoms with Crippen LogP contribution in [0.4, 0.5) is 13.2 Å². The van der Waals surface area contributed by atoms with E-state index in [0.717, 1.165) is 5.56 Å². The van der Waals surface area contributed by atoms with Crippen LogP contribution in [-0.4, -0.2) is 46.4 Å². The van der Waals surface area contributed by atoms with Gasteiger partial charge in [0.25, 0.3) is 0 Å². The highest BCUT2D eigenvalue weighted by atomic mass is 19.4. The first-order valence-electron chi connectivity index (χ1n) is 9.14. The van der Waals surface area contributed by atoms with Gasteiger partial charge in [0, 0.05) is 44.5 Å². The monoisotopic (exact) mass is 404 g/mol. The van der Waals surface area contributed by atoms with Crippen LogP contribution in [0.3, 0.4) is 0 Å². The third-order valence-corrected chi connectivity index (χ3v) is 4.67. The molecule has 0 saturated heterocycles. The molecule has 2 aliphatic rings. The van der Waals surface area contributed by atoms with Gasteiger partial charge in [-0.15, -0.1) is 0 Å². The fraction of sp³-hybridized carbons (Fsp3) is 0.333. The van der Waals surface area contributed by atoms with E-state index < -0.39 is 11.9 Å². The average molecular weight is 404 g/mol. The predicted octanol–water partition coefficient (Wildman–Crippen LogP) is 3.73. The molecule has 2 heterocycles. The second-order valence-electron chi connectivity index (χ2n) is 7.26. The highest BCUT2D eigenvalue weighted by molar-refractivity contribution is 5.76. The molecule has 0 spiro atoms. The highest BCUT2D eigenvalue weighted by Crippen LogP contribution is 2.39. The van der Waals surface area contributed by atoms with Crippen LogP contribution in [0, 0.1) is 0 Å². The van der Waals surface area contributed by atoms with Gasteiger partial charge in [0.1, 0.15) is 12.4 Å². The van der Waals surface area contributed by atoms with E-state index in [4.69, 9.17) is 0 Å². The number of carbonyl (C=O) groups is 1. The van der Waals surface area contributed by atoms with Crippen LogP contribution in [0.1, 0.15) is 16.8 Å². The fourth-order valence-electron chi connectivity index (χ4n) is 3.23. The molecule has 0 saturated carbocycles. The van der Waals surface area contributed by atoms with Crippen molar-refractivity contribution in [2.45, 2.75) is 25.8 Å². The number of aromatic nitrogens is 2. The Balaban J connectivity index is 1.95. The number of carbonyl (C=O) groups excluding carboxylic acids is 1. The molecule has 0 unspecified atom stereocenters. The number of benzene rings is 1. The quantitative estimate of drug-likeness (QED) is 0.629. The van der Waals surface area contributed by atoms with Gasteiger partial charge in [0.05, 0.1) is 0 Å². The lowest BCUT2D eigenvalue weighted by Crippen LogP contribution is -2.26. The number of fused-ring (bicyclic) bond motifs is 1. The molecule has 8 heteroatoms. The Morgan fingerprint density at radius 3 is 2.34 bits per heavy atom. The SMILES string of the molecule is CN(Cc1ccccc1)Cc1c2cccn(CC(=O)N(C)C)c-2nc1C(F)(F)F. The lowest BCUT2D eigenvalue weighted by Gasteiger charge is -2.19. The zero-order chi connectivity index (χ0) is 21.2. The number of alkyl halides is 3. The maximum Gasteiger partial charge on any atom is 0.433 e. The summed E-state index contributed by atoms with van der Waals surface area (Å²) >= 11 is 0. The number of halogens is 3. The van der Waals surface area contributed by atoms with Crippen molar-refractivity contribution in [2.24, 2.45) is 0 Å². The summed E-state index contributed by atoms with van der Waals surface area (Å²) in [6, 6.07) is 12.8. The molecule has 0 aliphatic carbocycles. The van der Waals surface area contributed by atoms with Gasteiger partial charge >= 0.3 is 6.18 Å². The number of hydrogen-bond donors (Lipinski definition) is 0. The molecule has 1 aromatic carbocycles. The lowest BCUT2D eigenvalue weighted by atomic mass is 10.1. The largest absolute Gasteiger partial charge is 0.433 e. The van der Waals surface area contributed by atoms with Crippen LogP contribution in [0.25, 0.3) is 11.4 Å². The number of pyridine rings is 1. The number of amides is 1. The highest BCUT2D eigenvalue weighted by Gasteiger charge is 2.39. The zero-order valence-corrected chi connectivity index (χ0v) is 16.6. The van der Waals surface area contributed by atoms with E-state index in [1.165, 1.54) is 9.47 Å². The fourth-order valence-corrected chi connectivity index (χ4v) is 3.23. The topological polar surface area (TPSA) is 41.4 Å². The van der Waals surface area contributed by atoms with Crippen molar-refractivity contribution in [1.82, 2.24) is 19.4 Å². The average Bonchev–Trinajstić information content (AvgIpc) is 3.02. The maximum atomic E-state index is 13.7. The molecule has 3 rings (SSSR count). The smallest absolute Gasteiger partial charge is 0.347 e. The third kappa shape index (κ3) is 4.76. The minimum absolute atomic E-state index is 0.0715. The molecular weight excluding hydrogens is 381 g/mol. The standard InChI is InChI=1S/C21H23F3N4O/c1-26(2)18(29)14-28-11-7-10-16-17(19(21(22,23)24)25-20(16)28)13-27(3)12-15-8-5-4-6-9-15/h4-11H,12-14H2,1-3H3. The molecule has 0 aromatic heterocycles. The maximum absolute atomic E-state index is 13.7. The van der Waals surface area contributed by atoms with Gasteiger partial charge in [-0.3, -0.25) is 9.69 Å². The Labute approximate surface area is 167 Å². The van der Waals surface area contributed by atoms with Crippen molar-refractivity contribution < 1.29 is 18.0 Å². The first-order chi connectivity index (χ1) is 13.7. The molecule has 2 aliphatic heterocycles. The Morgan fingerprint density at radius 2 is 1.72 bits per heavy atom. The summed E-state index contributed by atoms with van der Waals surface area (Å²) in [5.41, 5.74) is 0.646. The molecule has 5 nitrogen and oxygen atoms in total. The Hall–Kier alpha value is -2.87. The van der Waals surface area contributed by atoms with Gasteiger partial charge in [0.2, 0.25) is 5.91 Å². The zero-order valence-electron chi connectivity index (χ0n) is 16.6. The van der Waals surface area contributed by atoms with Gasteiger partial charge in [-0.1, -0.05) is 30.3 Å². The van der Waals surface area contributed by atoms with Crippen LogP contribution in [0.15, 0.2) is 48.7 Å². The third-order valence-electron chi connectivity index (χ3n) is 4.67. The minimum Gasteiger partial charge on any atom is -0.347 e. The number of hydrogen-bond acceptors (Lipinski definition) is 3. The Morgan fingerprint density at radius 1 is 1.03 bits per heavy atom. The van der Waals surface area contributed by atoms with E-state index in [1.807, 2.05) is 35.2 Å². The van der Waals surface area contributed by atoms with Crippen molar-refractivity contribution in [2.75, 3.05) is 21.1 Å². The van der Waals surface area contributed by atoms with Gasteiger partial charge in [-0.2, -0.15) is 13.2 Å². The van der Waals surface area contributed by atoms with Gasteiger partial charge in [-0.05, 0) is 24.7 Å². The number of rotatable bonds is 6. The van der Waals surface area contributed by atoms with Crippen LogP contribution >= 0.6 is 0 Å². The summed E-state index contributed by atoms with van der Waals surface area (Å²) in [6.07, 6.45) is -3.00.